The third kappa shape index (κ3) is 5.95. The Balaban J connectivity index is 1.67. The lowest BCUT2D eigenvalue weighted by atomic mass is 9.80. The van der Waals surface area contributed by atoms with Gasteiger partial charge in [-0.3, -0.25) is 0 Å². The van der Waals surface area contributed by atoms with Gasteiger partial charge in [-0.15, -0.1) is 6.58 Å². The van der Waals surface area contributed by atoms with Crippen molar-refractivity contribution in [3.05, 3.63) is 156 Å². The van der Waals surface area contributed by atoms with Gasteiger partial charge in [0, 0.05) is 0 Å². The van der Waals surface area contributed by atoms with Gasteiger partial charge in [-0.05, 0) is 28.7 Å². The Morgan fingerprint density at radius 3 is 1.49 bits per heavy atom. The molecule has 1 N–H and O–H groups in total. The predicted molar refractivity (Wildman–Crippen MR) is 141 cm³/mol. The lowest BCUT2D eigenvalue weighted by molar-refractivity contribution is -0.125. The maximum Gasteiger partial charge on any atom is 0.143 e. The van der Waals surface area contributed by atoms with Gasteiger partial charge in [0.25, 0.3) is 0 Å². The molecule has 1 atom stereocenters. The van der Waals surface area contributed by atoms with Crippen LogP contribution in [-0.2, 0) is 21.7 Å². The minimum atomic E-state index is -1.24. The molecule has 0 bridgehead atoms. The summed E-state index contributed by atoms with van der Waals surface area (Å²) in [4.78, 5) is 0. The average Bonchev–Trinajstić information content (AvgIpc) is 2.92. The van der Waals surface area contributed by atoms with Crippen LogP contribution in [0.5, 0.6) is 0 Å². The molecule has 4 aromatic rings. The van der Waals surface area contributed by atoms with Gasteiger partial charge in [0.15, 0.2) is 0 Å². The van der Waals surface area contributed by atoms with E-state index >= 15 is 0 Å². The number of aliphatic hydroxyl groups is 1. The summed E-state index contributed by atoms with van der Waals surface area (Å²) in [5, 5.41) is 11.6. The van der Waals surface area contributed by atoms with Crippen molar-refractivity contribution in [2.45, 2.75) is 24.2 Å². The zero-order valence-electron chi connectivity index (χ0n) is 19.9. The van der Waals surface area contributed by atoms with Crippen molar-refractivity contribution in [3.63, 3.8) is 0 Å². The summed E-state index contributed by atoms with van der Waals surface area (Å²) in [6.45, 7) is 4.47. The monoisotopic (exact) mass is 464 g/mol. The molecule has 0 aliphatic carbocycles. The van der Waals surface area contributed by atoms with Gasteiger partial charge in [-0.25, -0.2) is 0 Å². The van der Waals surface area contributed by atoms with Crippen LogP contribution >= 0.6 is 0 Å². The van der Waals surface area contributed by atoms with Crippen molar-refractivity contribution < 1.29 is 14.6 Å². The molecule has 0 spiro atoms. The number of ether oxygens (including phenoxy) is 2. The van der Waals surface area contributed by atoms with Crippen LogP contribution < -0.4 is 0 Å². The molecule has 4 aromatic carbocycles. The van der Waals surface area contributed by atoms with Gasteiger partial charge in [-0.2, -0.15) is 0 Å². The van der Waals surface area contributed by atoms with E-state index in [4.69, 9.17) is 9.47 Å². The summed E-state index contributed by atoms with van der Waals surface area (Å²) in [6.07, 6.45) is 2.06. The van der Waals surface area contributed by atoms with Crippen molar-refractivity contribution in [1.29, 1.82) is 0 Å². The summed E-state index contributed by atoms with van der Waals surface area (Å²) in [6, 6.07) is 40.4. The van der Waals surface area contributed by atoms with Crippen LogP contribution in [0, 0.1) is 0 Å². The molecule has 0 saturated heterocycles. The number of hydrogen-bond acceptors (Lipinski definition) is 3. The Labute approximate surface area is 208 Å². The number of rotatable bonds is 12. The summed E-state index contributed by atoms with van der Waals surface area (Å²) in [5.74, 6) is 0. The first-order valence-corrected chi connectivity index (χ1v) is 11.9. The Morgan fingerprint density at radius 2 is 1.06 bits per heavy atom. The lowest BCUT2D eigenvalue weighted by Crippen LogP contribution is -2.44. The van der Waals surface area contributed by atoms with Gasteiger partial charge in [0.2, 0.25) is 0 Å². The minimum absolute atomic E-state index is 0.0620. The molecule has 0 aliphatic heterocycles. The molecule has 0 aliphatic rings. The van der Waals surface area contributed by atoms with E-state index in [2.05, 4.69) is 43.0 Å². The summed E-state index contributed by atoms with van der Waals surface area (Å²) >= 11 is 0. The molecule has 0 heterocycles. The maximum atomic E-state index is 11.6. The first-order chi connectivity index (χ1) is 17.2. The van der Waals surface area contributed by atoms with E-state index in [0.717, 1.165) is 22.3 Å². The first-order valence-electron chi connectivity index (χ1n) is 11.9. The fourth-order valence-corrected chi connectivity index (χ4v) is 4.37. The smallest absolute Gasteiger partial charge is 0.143 e. The molecule has 35 heavy (non-hydrogen) atoms. The zero-order valence-corrected chi connectivity index (χ0v) is 19.9. The molecule has 0 fully saturated rings. The second-order valence-electron chi connectivity index (χ2n) is 8.76. The molecular weight excluding hydrogens is 432 g/mol. The third-order valence-electron chi connectivity index (χ3n) is 6.10. The van der Waals surface area contributed by atoms with E-state index in [-0.39, 0.29) is 13.2 Å². The zero-order chi connectivity index (χ0) is 24.4. The quantitative estimate of drug-likeness (QED) is 0.192. The van der Waals surface area contributed by atoms with Crippen molar-refractivity contribution in [1.82, 2.24) is 0 Å². The van der Waals surface area contributed by atoms with E-state index in [9.17, 15) is 5.11 Å². The standard InChI is InChI=1S/C32H32O3/c1-2-23-31(33,25-34-24-27-15-7-3-8-16-27)26-35-32(28-17-9-4-10-18-28,29-19-11-5-12-20-29)30-21-13-6-14-22-30/h2-22,33H,1,23-26H2/t31-/m1/s1. The molecule has 0 amide bonds. The number of benzene rings is 4. The van der Waals surface area contributed by atoms with Crippen molar-refractivity contribution in [2.75, 3.05) is 13.2 Å². The van der Waals surface area contributed by atoms with E-state index in [1.807, 2.05) is 84.9 Å². The molecular formula is C32H32O3. The molecule has 0 unspecified atom stereocenters. The van der Waals surface area contributed by atoms with E-state index in [1.54, 1.807) is 6.08 Å². The topological polar surface area (TPSA) is 38.7 Å². The normalized spacial score (nSPS) is 13.2. The first kappa shape index (κ1) is 24.6. The fourth-order valence-electron chi connectivity index (χ4n) is 4.37. The highest BCUT2D eigenvalue weighted by Gasteiger charge is 2.40. The molecule has 178 valence electrons. The third-order valence-corrected chi connectivity index (χ3v) is 6.10. The van der Waals surface area contributed by atoms with Gasteiger partial charge < -0.3 is 14.6 Å². The average molecular weight is 465 g/mol. The van der Waals surface area contributed by atoms with Crippen LogP contribution in [0.4, 0.5) is 0 Å². The molecule has 0 radical (unpaired) electrons. The highest BCUT2D eigenvalue weighted by atomic mass is 16.5. The van der Waals surface area contributed by atoms with E-state index < -0.39 is 11.2 Å². The van der Waals surface area contributed by atoms with Crippen molar-refractivity contribution >= 4 is 0 Å². The molecule has 3 heteroatoms. The Hall–Kier alpha value is -3.50. The van der Waals surface area contributed by atoms with E-state index in [1.165, 1.54) is 0 Å². The van der Waals surface area contributed by atoms with Crippen molar-refractivity contribution in [2.24, 2.45) is 0 Å². The second-order valence-corrected chi connectivity index (χ2v) is 8.76. The largest absolute Gasteiger partial charge is 0.385 e. The predicted octanol–water partition coefficient (Wildman–Crippen LogP) is 6.52. The van der Waals surface area contributed by atoms with Crippen LogP contribution in [0.3, 0.4) is 0 Å². The van der Waals surface area contributed by atoms with Gasteiger partial charge in [0.05, 0.1) is 19.8 Å². The fraction of sp³-hybridized carbons (Fsp3) is 0.188. The molecule has 4 rings (SSSR count). The highest BCUT2D eigenvalue weighted by molar-refractivity contribution is 5.47. The van der Waals surface area contributed by atoms with Crippen LogP contribution in [0.15, 0.2) is 134 Å². The van der Waals surface area contributed by atoms with Gasteiger partial charge in [-0.1, -0.05) is 127 Å². The Kier molecular flexibility index (Phi) is 8.27. The summed E-state index contributed by atoms with van der Waals surface area (Å²) in [7, 11) is 0. The summed E-state index contributed by atoms with van der Waals surface area (Å²) < 4.78 is 12.8. The van der Waals surface area contributed by atoms with Crippen LogP contribution in [0.2, 0.25) is 0 Å². The van der Waals surface area contributed by atoms with Gasteiger partial charge >= 0.3 is 0 Å². The Bertz CT molecular complexity index is 1060. The SMILES string of the molecule is C=CC[C@@](O)(COCc1ccccc1)COC(c1ccccc1)(c1ccccc1)c1ccccc1. The molecule has 3 nitrogen and oxygen atoms in total. The van der Waals surface area contributed by atoms with Gasteiger partial charge in [0.1, 0.15) is 11.2 Å². The van der Waals surface area contributed by atoms with Crippen LogP contribution in [-0.4, -0.2) is 23.9 Å². The Morgan fingerprint density at radius 1 is 0.629 bits per heavy atom. The van der Waals surface area contributed by atoms with Crippen molar-refractivity contribution in [3.8, 4) is 0 Å². The van der Waals surface area contributed by atoms with E-state index in [0.29, 0.717) is 13.0 Å². The second kappa shape index (κ2) is 11.8. The van der Waals surface area contributed by atoms with Crippen LogP contribution in [0.25, 0.3) is 0 Å². The highest BCUT2D eigenvalue weighted by Crippen LogP contribution is 2.41. The van der Waals surface area contributed by atoms with Crippen LogP contribution in [0.1, 0.15) is 28.7 Å². The molecule has 0 aromatic heterocycles. The lowest BCUT2D eigenvalue weighted by Gasteiger charge is -2.39. The molecule has 0 saturated carbocycles. The number of hydrogen-bond donors (Lipinski definition) is 1. The summed E-state index contributed by atoms with van der Waals surface area (Å²) in [5.41, 5.74) is 1.88. The maximum absolute atomic E-state index is 11.6. The minimum Gasteiger partial charge on any atom is -0.385 e.